The molecule has 0 aliphatic carbocycles. The van der Waals surface area contributed by atoms with E-state index in [-0.39, 0.29) is 5.88 Å². The minimum atomic E-state index is 0.106. The summed E-state index contributed by atoms with van der Waals surface area (Å²) in [4.78, 5) is 7.39. The third-order valence-electron chi connectivity index (χ3n) is 3.68. The van der Waals surface area contributed by atoms with Crippen molar-refractivity contribution in [1.82, 2.24) is 4.98 Å². The van der Waals surface area contributed by atoms with Crippen LogP contribution in [0.5, 0.6) is 17.4 Å². The number of fused-ring (bicyclic) bond motifs is 1. The zero-order valence-electron chi connectivity index (χ0n) is 13.3. The van der Waals surface area contributed by atoms with Gasteiger partial charge in [0.25, 0.3) is 0 Å². The molecule has 118 valence electrons. The van der Waals surface area contributed by atoms with Crippen molar-refractivity contribution in [2.45, 2.75) is 6.92 Å². The van der Waals surface area contributed by atoms with Crippen LogP contribution >= 0.6 is 0 Å². The van der Waals surface area contributed by atoms with Gasteiger partial charge in [0.15, 0.2) is 17.4 Å². The van der Waals surface area contributed by atoms with Crippen LogP contribution in [0.25, 0.3) is 10.9 Å². The van der Waals surface area contributed by atoms with Crippen molar-refractivity contribution in [3.63, 3.8) is 0 Å². The molecule has 2 N–H and O–H groups in total. The van der Waals surface area contributed by atoms with E-state index in [1.807, 2.05) is 31.2 Å². The number of nitrogens with one attached hydrogen (secondary N) is 1. The van der Waals surface area contributed by atoms with Gasteiger partial charge in [-0.1, -0.05) is 12.1 Å². The summed E-state index contributed by atoms with van der Waals surface area (Å²) in [6.07, 6.45) is 1.64. The maximum absolute atomic E-state index is 10.1. The number of methoxy groups -OCH3 is 2. The summed E-state index contributed by atoms with van der Waals surface area (Å²) in [6.45, 7) is 2.01. The SMILES string of the molecule is COc1ccc(N=Cc2c(O)[nH]c3cc(C)ccc23)cc1OC. The Labute approximate surface area is 134 Å². The average molecular weight is 310 g/mol. The maximum Gasteiger partial charge on any atom is 0.198 e. The van der Waals surface area contributed by atoms with Crippen LogP contribution in [0.1, 0.15) is 11.1 Å². The van der Waals surface area contributed by atoms with Gasteiger partial charge in [0, 0.05) is 23.2 Å². The Morgan fingerprint density at radius 1 is 1.04 bits per heavy atom. The van der Waals surface area contributed by atoms with Crippen molar-refractivity contribution in [2.24, 2.45) is 4.99 Å². The average Bonchev–Trinajstić information content (AvgIpc) is 2.86. The number of aromatic hydroxyl groups is 1. The number of ether oxygens (including phenoxy) is 2. The van der Waals surface area contributed by atoms with Crippen LogP contribution in [0.2, 0.25) is 0 Å². The molecule has 3 rings (SSSR count). The van der Waals surface area contributed by atoms with Gasteiger partial charge in [0.1, 0.15) is 0 Å². The highest BCUT2D eigenvalue weighted by Gasteiger charge is 2.09. The Bertz CT molecular complexity index is 881. The summed E-state index contributed by atoms with van der Waals surface area (Å²) in [6, 6.07) is 11.4. The molecule has 0 fully saturated rings. The third-order valence-corrected chi connectivity index (χ3v) is 3.68. The second kappa shape index (κ2) is 6.04. The van der Waals surface area contributed by atoms with Crippen LogP contribution in [0.15, 0.2) is 41.4 Å². The van der Waals surface area contributed by atoms with Crippen molar-refractivity contribution in [3.8, 4) is 17.4 Å². The maximum atomic E-state index is 10.1. The molecule has 0 radical (unpaired) electrons. The Kier molecular flexibility index (Phi) is 3.93. The molecule has 5 nitrogen and oxygen atoms in total. The van der Waals surface area contributed by atoms with E-state index in [9.17, 15) is 5.11 Å². The summed E-state index contributed by atoms with van der Waals surface area (Å²) in [7, 11) is 3.17. The smallest absolute Gasteiger partial charge is 0.198 e. The molecule has 0 amide bonds. The van der Waals surface area contributed by atoms with Gasteiger partial charge < -0.3 is 19.6 Å². The zero-order chi connectivity index (χ0) is 16.4. The summed E-state index contributed by atoms with van der Waals surface area (Å²) >= 11 is 0. The lowest BCUT2D eigenvalue weighted by Gasteiger charge is -2.07. The van der Waals surface area contributed by atoms with Gasteiger partial charge in [0.2, 0.25) is 0 Å². The molecule has 0 bridgehead atoms. The number of hydrogen-bond acceptors (Lipinski definition) is 4. The minimum Gasteiger partial charge on any atom is -0.494 e. The fourth-order valence-corrected chi connectivity index (χ4v) is 2.49. The van der Waals surface area contributed by atoms with Crippen molar-refractivity contribution in [2.75, 3.05) is 14.2 Å². The van der Waals surface area contributed by atoms with Crippen LogP contribution in [-0.2, 0) is 0 Å². The molecule has 0 aliphatic heterocycles. The van der Waals surface area contributed by atoms with E-state index < -0.39 is 0 Å². The Morgan fingerprint density at radius 3 is 2.57 bits per heavy atom. The second-order valence-electron chi connectivity index (χ2n) is 5.23. The second-order valence-corrected chi connectivity index (χ2v) is 5.23. The van der Waals surface area contributed by atoms with Crippen molar-refractivity contribution in [3.05, 3.63) is 47.5 Å². The molecule has 5 heteroatoms. The highest BCUT2D eigenvalue weighted by atomic mass is 16.5. The monoisotopic (exact) mass is 310 g/mol. The van der Waals surface area contributed by atoms with Crippen molar-refractivity contribution in [1.29, 1.82) is 0 Å². The molecule has 0 spiro atoms. The van der Waals surface area contributed by atoms with E-state index in [4.69, 9.17) is 9.47 Å². The highest BCUT2D eigenvalue weighted by molar-refractivity contribution is 6.02. The van der Waals surface area contributed by atoms with Crippen LogP contribution in [0.3, 0.4) is 0 Å². The molecule has 2 aromatic carbocycles. The summed E-state index contributed by atoms with van der Waals surface area (Å²) in [5.74, 6) is 1.37. The molecule has 0 unspecified atom stereocenters. The van der Waals surface area contributed by atoms with Gasteiger partial charge in [-0.3, -0.25) is 4.99 Å². The van der Waals surface area contributed by atoms with E-state index in [0.717, 1.165) is 16.5 Å². The summed E-state index contributed by atoms with van der Waals surface area (Å²) < 4.78 is 10.5. The number of aromatic amines is 1. The van der Waals surface area contributed by atoms with Gasteiger partial charge in [-0.15, -0.1) is 0 Å². The number of H-pyrrole nitrogens is 1. The van der Waals surface area contributed by atoms with E-state index in [2.05, 4.69) is 9.98 Å². The Balaban J connectivity index is 1.98. The van der Waals surface area contributed by atoms with E-state index in [1.54, 1.807) is 32.6 Å². The molecular weight excluding hydrogens is 292 g/mol. The van der Waals surface area contributed by atoms with Gasteiger partial charge in [-0.05, 0) is 30.7 Å². The first-order chi connectivity index (χ1) is 11.1. The molecule has 23 heavy (non-hydrogen) atoms. The lowest BCUT2D eigenvalue weighted by atomic mass is 10.1. The van der Waals surface area contributed by atoms with E-state index in [0.29, 0.717) is 22.7 Å². The van der Waals surface area contributed by atoms with Gasteiger partial charge in [-0.25, -0.2) is 0 Å². The van der Waals surface area contributed by atoms with Gasteiger partial charge >= 0.3 is 0 Å². The first-order valence-corrected chi connectivity index (χ1v) is 7.19. The van der Waals surface area contributed by atoms with Crippen LogP contribution in [0, 0.1) is 6.92 Å². The summed E-state index contributed by atoms with van der Waals surface area (Å²) in [5.41, 5.74) is 3.39. The molecule has 1 heterocycles. The number of hydrogen-bond donors (Lipinski definition) is 2. The Hall–Kier alpha value is -2.95. The summed E-state index contributed by atoms with van der Waals surface area (Å²) in [5, 5.41) is 11.0. The molecule has 0 saturated carbocycles. The van der Waals surface area contributed by atoms with Crippen LogP contribution in [-0.4, -0.2) is 30.5 Å². The lowest BCUT2D eigenvalue weighted by Crippen LogP contribution is -1.89. The first-order valence-electron chi connectivity index (χ1n) is 7.19. The molecular formula is C18H18N2O3. The molecule has 0 aliphatic rings. The van der Waals surface area contributed by atoms with Crippen molar-refractivity contribution >= 4 is 22.8 Å². The number of benzene rings is 2. The third kappa shape index (κ3) is 2.85. The zero-order valence-corrected chi connectivity index (χ0v) is 13.3. The predicted molar refractivity (Wildman–Crippen MR) is 91.5 cm³/mol. The van der Waals surface area contributed by atoms with E-state index in [1.165, 1.54) is 0 Å². The van der Waals surface area contributed by atoms with Crippen LogP contribution in [0.4, 0.5) is 5.69 Å². The van der Waals surface area contributed by atoms with E-state index >= 15 is 0 Å². The molecule has 0 saturated heterocycles. The van der Waals surface area contributed by atoms with Crippen LogP contribution < -0.4 is 9.47 Å². The molecule has 0 atom stereocenters. The first kappa shape index (κ1) is 15.0. The fraction of sp³-hybridized carbons (Fsp3) is 0.167. The minimum absolute atomic E-state index is 0.106. The topological polar surface area (TPSA) is 66.8 Å². The lowest BCUT2D eigenvalue weighted by molar-refractivity contribution is 0.355. The quantitative estimate of drug-likeness (QED) is 0.717. The molecule has 1 aromatic heterocycles. The predicted octanol–water partition coefficient (Wildman–Crippen LogP) is 3.95. The van der Waals surface area contributed by atoms with Gasteiger partial charge in [-0.2, -0.15) is 0 Å². The highest BCUT2D eigenvalue weighted by Crippen LogP contribution is 2.32. The van der Waals surface area contributed by atoms with Gasteiger partial charge in [0.05, 0.1) is 25.5 Å². The number of aliphatic imine (C=N–C) groups is 1. The van der Waals surface area contributed by atoms with Crippen molar-refractivity contribution < 1.29 is 14.6 Å². The molecule has 3 aromatic rings. The Morgan fingerprint density at radius 2 is 1.83 bits per heavy atom. The largest absolute Gasteiger partial charge is 0.494 e. The number of aryl methyl sites for hydroxylation is 1. The normalized spacial score (nSPS) is 11.3. The number of aromatic nitrogens is 1. The number of nitrogens with zero attached hydrogens (tertiary/aromatic N) is 1. The number of rotatable bonds is 4. The fourth-order valence-electron chi connectivity index (χ4n) is 2.49. The standard InChI is InChI=1S/C18H18N2O3/c1-11-4-6-13-14(18(21)20-15(13)8-11)10-19-12-5-7-16(22-2)17(9-12)23-3/h4-10,20-21H,1-3H3.